The minimum Gasteiger partial charge on any atom is -0.358 e. The number of aromatic amines is 1. The number of piperidine rings is 1. The summed E-state index contributed by atoms with van der Waals surface area (Å²) in [5.74, 6) is 1.72. The smallest absolute Gasteiger partial charge is 0.255 e. The first kappa shape index (κ1) is 18.2. The summed E-state index contributed by atoms with van der Waals surface area (Å²) in [5, 5.41) is 1.27. The van der Waals surface area contributed by atoms with Crippen LogP contribution in [0.15, 0.2) is 18.2 Å². The third kappa shape index (κ3) is 3.36. The van der Waals surface area contributed by atoms with Gasteiger partial charge in [0.1, 0.15) is 0 Å². The number of para-hydroxylation sites is 1. The van der Waals surface area contributed by atoms with Gasteiger partial charge in [-0.25, -0.2) is 0 Å². The molecule has 5 rings (SSSR count). The van der Waals surface area contributed by atoms with Crippen molar-refractivity contribution in [2.75, 3.05) is 32.7 Å². The van der Waals surface area contributed by atoms with E-state index in [1.54, 1.807) is 0 Å². The fourth-order valence-electron chi connectivity index (χ4n) is 5.61. The summed E-state index contributed by atoms with van der Waals surface area (Å²) in [4.78, 5) is 21.7. The zero-order valence-corrected chi connectivity index (χ0v) is 17.2. The van der Waals surface area contributed by atoms with Gasteiger partial charge >= 0.3 is 0 Å². The fraction of sp³-hybridized carbons (Fsp3) is 0.625. The Hall–Kier alpha value is -1.81. The van der Waals surface area contributed by atoms with Gasteiger partial charge < -0.3 is 14.8 Å². The van der Waals surface area contributed by atoms with Crippen LogP contribution in [0.5, 0.6) is 0 Å². The summed E-state index contributed by atoms with van der Waals surface area (Å²) in [7, 11) is 0. The van der Waals surface area contributed by atoms with E-state index in [9.17, 15) is 4.79 Å². The van der Waals surface area contributed by atoms with Crippen LogP contribution in [-0.4, -0.2) is 53.4 Å². The maximum atomic E-state index is 13.3. The van der Waals surface area contributed by atoms with Gasteiger partial charge in [-0.3, -0.25) is 4.79 Å². The second kappa shape index (κ2) is 7.55. The highest BCUT2D eigenvalue weighted by atomic mass is 16.2. The van der Waals surface area contributed by atoms with Gasteiger partial charge in [-0.05, 0) is 81.5 Å². The van der Waals surface area contributed by atoms with Crippen LogP contribution >= 0.6 is 0 Å². The first-order valence-corrected chi connectivity index (χ1v) is 11.3. The number of aryl methyl sites for hydroxylation is 1. The van der Waals surface area contributed by atoms with Gasteiger partial charge in [0.2, 0.25) is 0 Å². The number of carbonyl (C=O) groups is 1. The van der Waals surface area contributed by atoms with Crippen molar-refractivity contribution in [3.8, 4) is 0 Å². The molecule has 1 aromatic carbocycles. The average Bonchev–Trinajstić information content (AvgIpc) is 3.35. The number of hydrogen-bond acceptors (Lipinski definition) is 2. The Morgan fingerprint density at radius 2 is 1.89 bits per heavy atom. The van der Waals surface area contributed by atoms with E-state index < -0.39 is 0 Å². The predicted octanol–water partition coefficient (Wildman–Crippen LogP) is 4.24. The van der Waals surface area contributed by atoms with Gasteiger partial charge in [-0.15, -0.1) is 0 Å². The highest BCUT2D eigenvalue weighted by Crippen LogP contribution is 2.33. The van der Waals surface area contributed by atoms with Gasteiger partial charge in [0, 0.05) is 30.7 Å². The first-order valence-electron chi connectivity index (χ1n) is 11.3. The van der Waals surface area contributed by atoms with Crippen molar-refractivity contribution >= 4 is 16.8 Å². The quantitative estimate of drug-likeness (QED) is 0.866. The van der Waals surface area contributed by atoms with Crippen LogP contribution in [0.1, 0.15) is 60.6 Å². The van der Waals surface area contributed by atoms with Crippen molar-refractivity contribution in [1.29, 1.82) is 0 Å². The van der Waals surface area contributed by atoms with Gasteiger partial charge in [0.15, 0.2) is 0 Å². The minimum atomic E-state index is 0.219. The minimum absolute atomic E-state index is 0.219. The van der Waals surface area contributed by atoms with Crippen LogP contribution in [0.2, 0.25) is 0 Å². The Bertz CT molecular complexity index is 856. The van der Waals surface area contributed by atoms with Gasteiger partial charge in [-0.2, -0.15) is 0 Å². The Kier molecular flexibility index (Phi) is 4.92. The largest absolute Gasteiger partial charge is 0.358 e. The van der Waals surface area contributed by atoms with Crippen LogP contribution in [-0.2, 0) is 12.8 Å². The maximum Gasteiger partial charge on any atom is 0.255 e. The number of hydrogen-bond donors (Lipinski definition) is 1. The second-order valence-corrected chi connectivity index (χ2v) is 9.40. The molecular formula is C24H33N3O. The molecule has 2 aromatic rings. The molecule has 0 bridgehead atoms. The maximum absolute atomic E-state index is 13.3. The van der Waals surface area contributed by atoms with Crippen LogP contribution in [0, 0.1) is 11.8 Å². The number of nitrogens with zero attached hydrogens (tertiary/aromatic N) is 2. The van der Waals surface area contributed by atoms with Crippen molar-refractivity contribution in [3.05, 3.63) is 35.0 Å². The van der Waals surface area contributed by atoms with E-state index in [4.69, 9.17) is 0 Å². The van der Waals surface area contributed by atoms with E-state index in [0.717, 1.165) is 61.7 Å². The van der Waals surface area contributed by atoms with Gasteiger partial charge in [0.25, 0.3) is 5.91 Å². The molecule has 1 atom stereocenters. The summed E-state index contributed by atoms with van der Waals surface area (Å²) in [6.45, 7) is 7.94. The molecule has 4 heteroatoms. The van der Waals surface area contributed by atoms with Gasteiger partial charge in [-0.1, -0.05) is 19.1 Å². The molecule has 3 heterocycles. The standard InChI is InChI=1S/C24H33N3O/c1-17-7-8-22-21(15-17)19-5-4-6-20(23(19)25-22)24(28)27-13-9-18(10-14-27)16-26-11-2-3-12-26/h4-6,17-18,25H,2-3,7-16H2,1H3. The summed E-state index contributed by atoms with van der Waals surface area (Å²) in [6.07, 6.45) is 8.51. The third-order valence-corrected chi connectivity index (χ3v) is 7.32. The number of carbonyl (C=O) groups excluding carboxylic acids is 1. The zero-order valence-electron chi connectivity index (χ0n) is 17.2. The number of fused-ring (bicyclic) bond motifs is 3. The molecular weight excluding hydrogens is 346 g/mol. The topological polar surface area (TPSA) is 39.3 Å². The number of likely N-dealkylation sites (tertiary alicyclic amines) is 2. The predicted molar refractivity (Wildman–Crippen MR) is 114 cm³/mol. The zero-order chi connectivity index (χ0) is 19.1. The molecule has 150 valence electrons. The summed E-state index contributed by atoms with van der Waals surface area (Å²) >= 11 is 0. The van der Waals surface area contributed by atoms with Crippen LogP contribution in [0.4, 0.5) is 0 Å². The Labute approximate surface area is 168 Å². The first-order chi connectivity index (χ1) is 13.7. The SMILES string of the molecule is CC1CCc2[nH]c3c(C(=O)N4CCC(CN5CCCC5)CC4)cccc3c2C1. The Balaban J connectivity index is 1.31. The van der Waals surface area contributed by atoms with Crippen molar-refractivity contribution in [2.24, 2.45) is 11.8 Å². The molecule has 4 nitrogen and oxygen atoms in total. The summed E-state index contributed by atoms with van der Waals surface area (Å²) < 4.78 is 0. The molecule has 2 saturated heterocycles. The Morgan fingerprint density at radius 3 is 2.68 bits per heavy atom. The number of rotatable bonds is 3. The monoisotopic (exact) mass is 379 g/mol. The summed E-state index contributed by atoms with van der Waals surface area (Å²) in [6, 6.07) is 6.29. The lowest BCUT2D eigenvalue weighted by molar-refractivity contribution is 0.0675. The molecule has 0 saturated carbocycles. The highest BCUT2D eigenvalue weighted by Gasteiger charge is 2.28. The fourth-order valence-corrected chi connectivity index (χ4v) is 5.61. The van der Waals surface area contributed by atoms with E-state index in [-0.39, 0.29) is 5.91 Å². The number of amides is 1. The number of benzene rings is 1. The molecule has 0 radical (unpaired) electrons. The van der Waals surface area contributed by atoms with E-state index in [1.165, 1.54) is 55.5 Å². The van der Waals surface area contributed by atoms with E-state index in [1.807, 2.05) is 6.07 Å². The lowest BCUT2D eigenvalue weighted by atomic mass is 9.87. The van der Waals surface area contributed by atoms with Crippen LogP contribution in [0.3, 0.4) is 0 Å². The van der Waals surface area contributed by atoms with Crippen molar-refractivity contribution in [1.82, 2.24) is 14.8 Å². The lowest BCUT2D eigenvalue weighted by Gasteiger charge is -2.34. The molecule has 1 amide bonds. The molecule has 1 unspecified atom stereocenters. The highest BCUT2D eigenvalue weighted by molar-refractivity contribution is 6.06. The normalized spacial score (nSPS) is 24.0. The van der Waals surface area contributed by atoms with Gasteiger partial charge in [0.05, 0.1) is 11.1 Å². The molecule has 3 aliphatic rings. The van der Waals surface area contributed by atoms with Crippen molar-refractivity contribution in [3.63, 3.8) is 0 Å². The summed E-state index contributed by atoms with van der Waals surface area (Å²) in [5.41, 5.74) is 4.76. The molecule has 28 heavy (non-hydrogen) atoms. The average molecular weight is 380 g/mol. The number of aromatic nitrogens is 1. The van der Waals surface area contributed by atoms with E-state index >= 15 is 0 Å². The lowest BCUT2D eigenvalue weighted by Crippen LogP contribution is -2.41. The van der Waals surface area contributed by atoms with E-state index in [2.05, 4.69) is 33.8 Å². The Morgan fingerprint density at radius 1 is 1.11 bits per heavy atom. The van der Waals surface area contributed by atoms with E-state index in [0.29, 0.717) is 0 Å². The van der Waals surface area contributed by atoms with Crippen molar-refractivity contribution < 1.29 is 4.79 Å². The van der Waals surface area contributed by atoms with Crippen LogP contribution in [0.25, 0.3) is 10.9 Å². The van der Waals surface area contributed by atoms with Crippen molar-refractivity contribution in [2.45, 2.75) is 51.9 Å². The molecule has 2 fully saturated rings. The number of nitrogens with one attached hydrogen (secondary N) is 1. The molecule has 1 aliphatic carbocycles. The second-order valence-electron chi connectivity index (χ2n) is 9.40. The van der Waals surface area contributed by atoms with Crippen LogP contribution < -0.4 is 0 Å². The molecule has 1 aromatic heterocycles. The third-order valence-electron chi connectivity index (χ3n) is 7.32. The number of H-pyrrole nitrogens is 1. The molecule has 1 N–H and O–H groups in total. The molecule has 2 aliphatic heterocycles. The molecule has 0 spiro atoms.